The van der Waals surface area contributed by atoms with Crippen LogP contribution in [0.1, 0.15) is 18.3 Å². The van der Waals surface area contributed by atoms with Gasteiger partial charge in [0.2, 0.25) is 0 Å². The third-order valence-corrected chi connectivity index (χ3v) is 3.37. The third kappa shape index (κ3) is 3.68. The Morgan fingerprint density at radius 2 is 2.15 bits per heavy atom. The zero-order valence-electron chi connectivity index (χ0n) is 10.1. The fraction of sp³-hybridized carbons (Fsp3) is 0.364. The lowest BCUT2D eigenvalue weighted by Gasteiger charge is -2.20. The number of nitrogens with zero attached hydrogens (tertiary/aromatic N) is 2. The molecule has 0 aromatic carbocycles. The molecule has 0 aliphatic rings. The Morgan fingerprint density at radius 1 is 1.55 bits per heavy atom. The maximum atomic E-state index is 12.8. The second-order valence-electron chi connectivity index (χ2n) is 4.06. The highest BCUT2D eigenvalue weighted by Gasteiger charge is 2.38. The molecule has 0 spiro atoms. The molecule has 0 saturated heterocycles. The van der Waals surface area contributed by atoms with Crippen LogP contribution in [0.5, 0.6) is 0 Å². The van der Waals surface area contributed by atoms with Crippen LogP contribution in [0.15, 0.2) is 12.1 Å². The van der Waals surface area contributed by atoms with Crippen molar-refractivity contribution >= 4 is 27.5 Å². The van der Waals surface area contributed by atoms with Crippen LogP contribution >= 0.6 is 15.9 Å². The van der Waals surface area contributed by atoms with E-state index in [2.05, 4.69) is 20.9 Å². The van der Waals surface area contributed by atoms with Gasteiger partial charge >= 0.3 is 6.18 Å². The highest BCUT2D eigenvalue weighted by molar-refractivity contribution is 9.09. The molecule has 1 atom stereocenters. The van der Waals surface area contributed by atoms with E-state index in [4.69, 9.17) is 5.26 Å². The van der Waals surface area contributed by atoms with Gasteiger partial charge in [0.25, 0.3) is 5.91 Å². The minimum Gasteiger partial charge on any atom is -0.379 e. The van der Waals surface area contributed by atoms with Gasteiger partial charge < -0.3 is 10.4 Å². The number of alkyl halides is 4. The number of hydrogen-bond acceptors (Lipinski definition) is 4. The molecule has 5 nitrogen and oxygen atoms in total. The van der Waals surface area contributed by atoms with E-state index in [1.807, 2.05) is 5.32 Å². The van der Waals surface area contributed by atoms with Gasteiger partial charge in [0.05, 0.1) is 5.69 Å². The standard InChI is InChI=1S/C11H9BrF3N3O2/c1-10(20,5-12)9(19)18-7-3-2-6(4-16)17-8(7)11(13,14)15/h2-3,20H,5H2,1H3,(H,18,19)/t10-/m0/s1. The fourth-order valence-electron chi connectivity index (χ4n) is 1.16. The summed E-state index contributed by atoms with van der Waals surface area (Å²) in [6.07, 6.45) is -4.84. The maximum Gasteiger partial charge on any atom is 0.435 e. The zero-order valence-corrected chi connectivity index (χ0v) is 11.7. The Bertz CT molecular complexity index is 567. The van der Waals surface area contributed by atoms with Gasteiger partial charge in [-0.2, -0.15) is 18.4 Å². The SMILES string of the molecule is C[C@](O)(CBr)C(=O)Nc1ccc(C#N)nc1C(F)(F)F. The number of carbonyl (C=O) groups is 1. The molecule has 20 heavy (non-hydrogen) atoms. The monoisotopic (exact) mass is 351 g/mol. The third-order valence-electron chi connectivity index (χ3n) is 2.28. The Kier molecular flexibility index (Phi) is 4.73. The first-order chi connectivity index (χ1) is 9.11. The van der Waals surface area contributed by atoms with Crippen molar-refractivity contribution in [3.8, 4) is 6.07 Å². The van der Waals surface area contributed by atoms with Crippen LogP contribution in [-0.4, -0.2) is 26.9 Å². The van der Waals surface area contributed by atoms with E-state index >= 15 is 0 Å². The van der Waals surface area contributed by atoms with Crippen LogP contribution in [0, 0.1) is 11.3 Å². The molecule has 0 unspecified atom stereocenters. The molecule has 1 rings (SSSR count). The van der Waals surface area contributed by atoms with Crippen LogP contribution in [-0.2, 0) is 11.0 Å². The van der Waals surface area contributed by atoms with E-state index in [1.165, 1.54) is 6.07 Å². The number of aromatic nitrogens is 1. The normalized spacial score (nSPS) is 14.2. The molecule has 0 bridgehead atoms. The molecular formula is C11H9BrF3N3O2. The lowest BCUT2D eigenvalue weighted by atomic mass is 10.1. The lowest BCUT2D eigenvalue weighted by molar-refractivity contribution is -0.140. The van der Waals surface area contributed by atoms with Crippen LogP contribution in [0.3, 0.4) is 0 Å². The Morgan fingerprint density at radius 3 is 2.60 bits per heavy atom. The zero-order chi connectivity index (χ0) is 15.6. The van der Waals surface area contributed by atoms with Gasteiger partial charge in [0, 0.05) is 5.33 Å². The van der Waals surface area contributed by atoms with Crippen LogP contribution in [0.2, 0.25) is 0 Å². The number of rotatable bonds is 3. The molecule has 0 aliphatic carbocycles. The van der Waals surface area contributed by atoms with Crippen molar-refractivity contribution < 1.29 is 23.1 Å². The number of nitriles is 1. The average molecular weight is 352 g/mol. The van der Waals surface area contributed by atoms with Gasteiger partial charge in [-0.1, -0.05) is 15.9 Å². The maximum absolute atomic E-state index is 12.8. The first-order valence-electron chi connectivity index (χ1n) is 5.20. The number of carbonyl (C=O) groups excluding carboxylic acids is 1. The van der Waals surface area contributed by atoms with Gasteiger partial charge in [-0.3, -0.25) is 4.79 Å². The smallest absolute Gasteiger partial charge is 0.379 e. The molecule has 1 heterocycles. The Hall–Kier alpha value is -1.66. The van der Waals surface area contributed by atoms with Gasteiger partial charge in [0.15, 0.2) is 5.69 Å². The van der Waals surface area contributed by atoms with E-state index in [-0.39, 0.29) is 5.33 Å². The minimum absolute atomic E-state index is 0.156. The number of aliphatic hydroxyl groups is 1. The Balaban J connectivity index is 3.20. The first kappa shape index (κ1) is 16.4. The molecule has 0 radical (unpaired) electrons. The molecule has 1 amide bonds. The molecule has 2 N–H and O–H groups in total. The van der Waals surface area contributed by atoms with Crippen LogP contribution < -0.4 is 5.32 Å². The van der Waals surface area contributed by atoms with Crippen LogP contribution in [0.4, 0.5) is 18.9 Å². The molecule has 9 heteroatoms. The quantitative estimate of drug-likeness (QED) is 0.816. The van der Waals surface area contributed by atoms with Crippen molar-refractivity contribution in [3.63, 3.8) is 0 Å². The summed E-state index contributed by atoms with van der Waals surface area (Å²) in [6, 6.07) is 3.43. The predicted molar refractivity (Wildman–Crippen MR) is 67.0 cm³/mol. The summed E-state index contributed by atoms with van der Waals surface area (Å²) in [4.78, 5) is 14.8. The fourth-order valence-corrected chi connectivity index (χ4v) is 1.41. The lowest BCUT2D eigenvalue weighted by Crippen LogP contribution is -2.41. The van der Waals surface area contributed by atoms with E-state index in [0.717, 1.165) is 19.1 Å². The molecule has 0 aliphatic heterocycles. The second kappa shape index (κ2) is 5.76. The van der Waals surface area contributed by atoms with E-state index in [9.17, 15) is 23.1 Å². The van der Waals surface area contributed by atoms with Gasteiger partial charge in [0.1, 0.15) is 17.4 Å². The number of anilines is 1. The summed E-state index contributed by atoms with van der Waals surface area (Å²) in [5.41, 5.74) is -4.32. The number of nitrogens with one attached hydrogen (secondary N) is 1. The second-order valence-corrected chi connectivity index (χ2v) is 4.62. The van der Waals surface area contributed by atoms with Crippen LogP contribution in [0.25, 0.3) is 0 Å². The number of hydrogen-bond donors (Lipinski definition) is 2. The van der Waals surface area contributed by atoms with Gasteiger partial charge in [-0.05, 0) is 19.1 Å². The predicted octanol–water partition coefficient (Wildman–Crippen LogP) is 2.06. The molecule has 0 fully saturated rings. The average Bonchev–Trinajstić information content (AvgIpc) is 2.37. The number of halogens is 4. The van der Waals surface area contributed by atoms with Crippen molar-refractivity contribution in [1.82, 2.24) is 4.98 Å². The minimum atomic E-state index is -4.84. The summed E-state index contributed by atoms with van der Waals surface area (Å²) in [5, 5.41) is 20.0. The molecule has 108 valence electrons. The van der Waals surface area contributed by atoms with E-state index in [0.29, 0.717) is 0 Å². The highest BCUT2D eigenvalue weighted by atomic mass is 79.9. The molecule has 0 saturated carbocycles. The summed E-state index contributed by atoms with van der Waals surface area (Å²) in [5.74, 6) is -1.02. The number of pyridine rings is 1. The summed E-state index contributed by atoms with van der Waals surface area (Å²) in [6.45, 7) is 1.14. The largest absolute Gasteiger partial charge is 0.435 e. The topological polar surface area (TPSA) is 86.0 Å². The summed E-state index contributed by atoms with van der Waals surface area (Å²) in [7, 11) is 0. The van der Waals surface area contributed by atoms with E-state index < -0.39 is 34.8 Å². The summed E-state index contributed by atoms with van der Waals surface area (Å²) < 4.78 is 38.4. The van der Waals surface area contributed by atoms with Crippen molar-refractivity contribution in [3.05, 3.63) is 23.5 Å². The van der Waals surface area contributed by atoms with Crippen molar-refractivity contribution in [2.24, 2.45) is 0 Å². The molecule has 1 aromatic heterocycles. The van der Waals surface area contributed by atoms with Crippen molar-refractivity contribution in [2.45, 2.75) is 18.7 Å². The Labute approximate surface area is 120 Å². The highest BCUT2D eigenvalue weighted by Crippen LogP contribution is 2.33. The van der Waals surface area contributed by atoms with E-state index in [1.54, 1.807) is 0 Å². The van der Waals surface area contributed by atoms with Gasteiger partial charge in [-0.15, -0.1) is 0 Å². The van der Waals surface area contributed by atoms with Crippen molar-refractivity contribution in [2.75, 3.05) is 10.6 Å². The van der Waals surface area contributed by atoms with Gasteiger partial charge in [-0.25, -0.2) is 4.98 Å². The summed E-state index contributed by atoms with van der Waals surface area (Å²) >= 11 is 2.87. The molecular weight excluding hydrogens is 343 g/mol. The first-order valence-corrected chi connectivity index (χ1v) is 6.32. The number of amides is 1. The van der Waals surface area contributed by atoms with Crippen molar-refractivity contribution in [1.29, 1.82) is 5.26 Å². The molecule has 1 aromatic rings.